The second kappa shape index (κ2) is 6.51. The Morgan fingerprint density at radius 1 is 1.24 bits per heavy atom. The van der Waals surface area contributed by atoms with Gasteiger partial charge in [0.1, 0.15) is 6.54 Å². The van der Waals surface area contributed by atoms with Crippen molar-refractivity contribution >= 4 is 23.3 Å². The summed E-state index contributed by atoms with van der Waals surface area (Å²) in [6, 6.07) is 3.48. The number of nitrogens with one attached hydrogen (secondary N) is 1. The third-order valence-electron chi connectivity index (χ3n) is 3.64. The molecule has 0 radical (unpaired) electrons. The maximum atomic E-state index is 12.3. The van der Waals surface area contributed by atoms with Gasteiger partial charge in [-0.2, -0.15) is 5.10 Å². The van der Waals surface area contributed by atoms with Crippen molar-refractivity contribution in [2.45, 2.75) is 6.54 Å². The predicted octanol–water partition coefficient (Wildman–Crippen LogP) is -1.02. The van der Waals surface area contributed by atoms with Gasteiger partial charge in [0.2, 0.25) is 0 Å². The van der Waals surface area contributed by atoms with Crippen LogP contribution in [0.2, 0.25) is 0 Å². The molecule has 3 aromatic rings. The van der Waals surface area contributed by atoms with E-state index in [-0.39, 0.29) is 17.7 Å². The normalized spacial score (nSPS) is 11.3. The van der Waals surface area contributed by atoms with Gasteiger partial charge in [0.05, 0.1) is 12.5 Å². The molecule has 0 unspecified atom stereocenters. The zero-order valence-corrected chi connectivity index (χ0v) is 13.6. The van der Waals surface area contributed by atoms with Gasteiger partial charge < -0.3 is 4.57 Å². The number of hydrogen-bond donors (Lipinski definition) is 1. The van der Waals surface area contributed by atoms with E-state index >= 15 is 0 Å². The van der Waals surface area contributed by atoms with Crippen LogP contribution >= 0.6 is 0 Å². The second-order valence-corrected chi connectivity index (χ2v) is 5.32. The third-order valence-corrected chi connectivity index (χ3v) is 3.64. The molecule has 0 fully saturated rings. The fourth-order valence-electron chi connectivity index (χ4n) is 2.34. The Morgan fingerprint density at radius 3 is 2.68 bits per heavy atom. The topological polar surface area (TPSA) is 116 Å². The molecule has 3 heterocycles. The summed E-state index contributed by atoms with van der Waals surface area (Å²) in [7, 11) is 2.89. The van der Waals surface area contributed by atoms with E-state index in [1.54, 1.807) is 24.5 Å². The van der Waals surface area contributed by atoms with Gasteiger partial charge in [0.15, 0.2) is 11.2 Å². The van der Waals surface area contributed by atoms with Gasteiger partial charge in [-0.15, -0.1) is 0 Å². The summed E-state index contributed by atoms with van der Waals surface area (Å²) in [6.07, 6.45) is 6.05. The van der Waals surface area contributed by atoms with E-state index in [1.807, 2.05) is 0 Å². The monoisotopic (exact) mass is 341 g/mol. The number of hydrazone groups is 1. The summed E-state index contributed by atoms with van der Waals surface area (Å²) < 4.78 is 3.61. The number of amides is 1. The maximum absolute atomic E-state index is 12.3. The standard InChI is InChI=1S/C15H15N7O3/c1-20-13-12(14(24)21(2)15(20)25)22(9-17-13)8-11(23)19-18-7-10-3-5-16-6-4-10/h3-7,9H,8H2,1-2H3,(H,19,23)/b18-7+. The molecule has 0 atom stereocenters. The Labute approximate surface area is 141 Å². The van der Waals surface area contributed by atoms with Gasteiger partial charge >= 0.3 is 5.69 Å². The largest absolute Gasteiger partial charge is 0.332 e. The highest BCUT2D eigenvalue weighted by Gasteiger charge is 2.15. The summed E-state index contributed by atoms with van der Waals surface area (Å²) in [4.78, 5) is 44.1. The summed E-state index contributed by atoms with van der Waals surface area (Å²) in [5, 5.41) is 3.85. The zero-order chi connectivity index (χ0) is 18.0. The van der Waals surface area contributed by atoms with E-state index in [2.05, 4.69) is 20.5 Å². The van der Waals surface area contributed by atoms with E-state index in [9.17, 15) is 14.4 Å². The van der Waals surface area contributed by atoms with Crippen molar-refractivity contribution in [1.82, 2.24) is 29.1 Å². The molecule has 0 aliphatic heterocycles. The van der Waals surface area contributed by atoms with Crippen molar-refractivity contribution in [3.05, 3.63) is 57.3 Å². The van der Waals surface area contributed by atoms with Gasteiger partial charge in [0.25, 0.3) is 11.5 Å². The summed E-state index contributed by atoms with van der Waals surface area (Å²) in [5.41, 5.74) is 2.58. The molecule has 1 N–H and O–H groups in total. The molecule has 10 heteroatoms. The zero-order valence-electron chi connectivity index (χ0n) is 13.6. The predicted molar refractivity (Wildman–Crippen MR) is 90.2 cm³/mol. The number of carbonyl (C=O) groups excluding carboxylic acids is 1. The summed E-state index contributed by atoms with van der Waals surface area (Å²) >= 11 is 0. The molecule has 0 saturated carbocycles. The molecule has 1 amide bonds. The minimum Gasteiger partial charge on any atom is -0.315 e. The maximum Gasteiger partial charge on any atom is 0.332 e. The number of aryl methyl sites for hydroxylation is 1. The lowest BCUT2D eigenvalue weighted by atomic mass is 10.3. The lowest BCUT2D eigenvalue weighted by Gasteiger charge is -2.05. The number of pyridine rings is 1. The molecule has 128 valence electrons. The van der Waals surface area contributed by atoms with E-state index in [1.165, 1.54) is 35.8 Å². The molecule has 0 spiro atoms. The highest BCUT2D eigenvalue weighted by Crippen LogP contribution is 2.04. The van der Waals surface area contributed by atoms with Crippen molar-refractivity contribution < 1.29 is 4.79 Å². The first-order valence-electron chi connectivity index (χ1n) is 7.32. The number of hydrogen-bond acceptors (Lipinski definition) is 6. The fourth-order valence-corrected chi connectivity index (χ4v) is 2.34. The van der Waals surface area contributed by atoms with Crippen LogP contribution < -0.4 is 16.7 Å². The molecule has 0 saturated heterocycles. The van der Waals surface area contributed by atoms with Crippen LogP contribution in [0.5, 0.6) is 0 Å². The third kappa shape index (κ3) is 3.09. The first-order valence-corrected chi connectivity index (χ1v) is 7.32. The lowest BCUT2D eigenvalue weighted by molar-refractivity contribution is -0.121. The Hall–Kier alpha value is -3.56. The number of fused-ring (bicyclic) bond motifs is 1. The van der Waals surface area contributed by atoms with E-state index < -0.39 is 17.2 Å². The van der Waals surface area contributed by atoms with Gasteiger partial charge in [-0.05, 0) is 17.7 Å². The van der Waals surface area contributed by atoms with Crippen LogP contribution in [-0.2, 0) is 25.4 Å². The van der Waals surface area contributed by atoms with E-state index in [4.69, 9.17) is 0 Å². The van der Waals surface area contributed by atoms with Gasteiger partial charge in [-0.25, -0.2) is 15.2 Å². The smallest absolute Gasteiger partial charge is 0.315 e. The fraction of sp³-hybridized carbons (Fsp3) is 0.200. The number of aromatic nitrogens is 5. The van der Waals surface area contributed by atoms with Crippen molar-refractivity contribution in [2.75, 3.05) is 0 Å². The van der Waals surface area contributed by atoms with Crippen molar-refractivity contribution in [1.29, 1.82) is 0 Å². The number of imidazole rings is 1. The van der Waals surface area contributed by atoms with Crippen LogP contribution in [0.3, 0.4) is 0 Å². The van der Waals surface area contributed by atoms with Crippen molar-refractivity contribution in [2.24, 2.45) is 19.2 Å². The van der Waals surface area contributed by atoms with Crippen LogP contribution in [0.25, 0.3) is 11.2 Å². The van der Waals surface area contributed by atoms with Crippen molar-refractivity contribution in [3.8, 4) is 0 Å². The SMILES string of the molecule is Cn1c(=O)c2c(ncn2CC(=O)N/N=C/c2ccncc2)n(C)c1=O. The van der Waals surface area contributed by atoms with Crippen LogP contribution in [0.1, 0.15) is 5.56 Å². The Balaban J connectivity index is 1.82. The molecule has 0 aliphatic carbocycles. The van der Waals surface area contributed by atoms with Crippen LogP contribution in [-0.4, -0.2) is 35.8 Å². The van der Waals surface area contributed by atoms with Gasteiger partial charge in [-0.1, -0.05) is 0 Å². The van der Waals surface area contributed by atoms with Crippen molar-refractivity contribution in [3.63, 3.8) is 0 Å². The Kier molecular flexibility index (Phi) is 4.25. The second-order valence-electron chi connectivity index (χ2n) is 5.32. The van der Waals surface area contributed by atoms with Crippen LogP contribution in [0.4, 0.5) is 0 Å². The molecule has 0 aliphatic rings. The summed E-state index contributed by atoms with van der Waals surface area (Å²) in [6.45, 7) is -0.155. The highest BCUT2D eigenvalue weighted by molar-refractivity contribution is 5.82. The molecule has 3 rings (SSSR count). The Morgan fingerprint density at radius 2 is 1.96 bits per heavy atom. The first kappa shape index (κ1) is 16.3. The molecule has 0 bridgehead atoms. The molecule has 10 nitrogen and oxygen atoms in total. The quantitative estimate of drug-likeness (QED) is 0.481. The van der Waals surface area contributed by atoms with Gasteiger partial charge in [-0.3, -0.25) is 23.7 Å². The lowest BCUT2D eigenvalue weighted by Crippen LogP contribution is -2.38. The molecular formula is C15H15N7O3. The number of carbonyl (C=O) groups is 1. The average molecular weight is 341 g/mol. The minimum atomic E-state index is -0.510. The Bertz CT molecular complexity index is 1080. The average Bonchev–Trinajstić information content (AvgIpc) is 3.02. The van der Waals surface area contributed by atoms with Gasteiger partial charge in [0, 0.05) is 26.5 Å². The van der Waals surface area contributed by atoms with E-state index in [0.717, 1.165) is 10.1 Å². The van der Waals surface area contributed by atoms with Crippen LogP contribution in [0.15, 0.2) is 45.5 Å². The molecule has 25 heavy (non-hydrogen) atoms. The van der Waals surface area contributed by atoms with Crippen LogP contribution in [0, 0.1) is 0 Å². The van der Waals surface area contributed by atoms with E-state index in [0.29, 0.717) is 0 Å². The first-order chi connectivity index (χ1) is 12.0. The summed E-state index contributed by atoms with van der Waals surface area (Å²) in [5.74, 6) is -0.430. The number of rotatable bonds is 4. The number of nitrogens with zero attached hydrogens (tertiary/aromatic N) is 6. The molecule has 0 aromatic carbocycles. The molecule has 3 aromatic heterocycles. The highest BCUT2D eigenvalue weighted by atomic mass is 16.2. The minimum absolute atomic E-state index is 0.155. The molecular weight excluding hydrogens is 326 g/mol.